The Bertz CT molecular complexity index is 164. The topological polar surface area (TPSA) is 0 Å². The summed E-state index contributed by atoms with van der Waals surface area (Å²) in [7, 11) is -0.582. The van der Waals surface area contributed by atoms with Gasteiger partial charge in [0.25, 0.3) is 0 Å². The molecule has 2 heteroatoms. The largest absolute Gasteiger partial charge is 0.147 e. The second kappa shape index (κ2) is 5.71. The average Bonchev–Trinajstić information content (AvgIpc) is 2.74. The molecule has 2 saturated heterocycles. The summed E-state index contributed by atoms with van der Waals surface area (Å²) >= 11 is 0. The van der Waals surface area contributed by atoms with Crippen molar-refractivity contribution >= 4 is 19.7 Å². The van der Waals surface area contributed by atoms with Gasteiger partial charge in [-0.2, -0.15) is 0 Å². The first-order valence-corrected chi connectivity index (χ1v) is 9.17. The molecule has 2 fully saturated rings. The van der Waals surface area contributed by atoms with E-state index < -0.39 is 7.26 Å². The predicted octanol–water partition coefficient (Wildman–Crippen LogP) is 4.16. The quantitative estimate of drug-likeness (QED) is 0.646. The third-order valence-corrected chi connectivity index (χ3v) is 10.1. The van der Waals surface area contributed by atoms with Crippen LogP contribution in [0.4, 0.5) is 0 Å². The molecule has 0 saturated carbocycles. The summed E-state index contributed by atoms with van der Waals surface area (Å²) in [6, 6.07) is 0. The second-order valence-electron chi connectivity index (χ2n) is 5.46. The van der Waals surface area contributed by atoms with Gasteiger partial charge in [0.1, 0.15) is 0 Å². The van der Waals surface area contributed by atoms with Crippen LogP contribution in [0.15, 0.2) is 0 Å². The molecule has 0 aromatic rings. The van der Waals surface area contributed by atoms with E-state index in [0.29, 0.717) is 0 Å². The summed E-state index contributed by atoms with van der Waals surface area (Å²) in [5.41, 5.74) is 0. The van der Waals surface area contributed by atoms with E-state index in [2.05, 4.69) is 6.92 Å². The normalized spacial score (nSPS) is 31.6. The van der Waals surface area contributed by atoms with Gasteiger partial charge in [0.15, 0.2) is 0 Å². The van der Waals surface area contributed by atoms with E-state index in [-0.39, 0.29) is 12.4 Å². The van der Waals surface area contributed by atoms with Gasteiger partial charge in [-0.25, -0.2) is 0 Å². The standard InChI is InChI=1S/C12H25P.ClH/c1-2-3-6-12-7-10-13(11-12)8-4-5-9-13;/h12-13H,2-11H2,1H3;1H. The van der Waals surface area contributed by atoms with Gasteiger partial charge in [-0.05, 0) is 0 Å². The molecule has 2 rings (SSSR count). The van der Waals surface area contributed by atoms with Crippen molar-refractivity contribution in [2.45, 2.75) is 45.4 Å². The molecule has 2 aliphatic rings. The van der Waals surface area contributed by atoms with Gasteiger partial charge >= 0.3 is 83.3 Å². The molecule has 86 valence electrons. The first-order valence-electron chi connectivity index (χ1n) is 6.35. The minimum atomic E-state index is -0.582. The van der Waals surface area contributed by atoms with Gasteiger partial charge < -0.3 is 0 Å². The maximum atomic E-state index is 2.33. The monoisotopic (exact) mass is 236 g/mol. The fraction of sp³-hybridized carbons (Fsp3) is 1.00. The van der Waals surface area contributed by atoms with Crippen molar-refractivity contribution in [2.24, 2.45) is 5.92 Å². The van der Waals surface area contributed by atoms with Crippen molar-refractivity contribution in [3.63, 3.8) is 0 Å². The molecule has 14 heavy (non-hydrogen) atoms. The second-order valence-corrected chi connectivity index (χ2v) is 10.4. The molecule has 0 radical (unpaired) electrons. The van der Waals surface area contributed by atoms with Crippen molar-refractivity contribution in [3.8, 4) is 0 Å². The molecule has 2 heterocycles. The Hall–Kier alpha value is 0.720. The van der Waals surface area contributed by atoms with Gasteiger partial charge in [0.05, 0.1) is 0 Å². The van der Waals surface area contributed by atoms with Crippen LogP contribution < -0.4 is 0 Å². The van der Waals surface area contributed by atoms with E-state index in [1.165, 1.54) is 18.8 Å². The van der Waals surface area contributed by atoms with Gasteiger partial charge in [0, 0.05) is 0 Å². The minimum Gasteiger partial charge on any atom is -0.147 e. The summed E-state index contributed by atoms with van der Waals surface area (Å²) in [5, 5.41) is 0. The molecule has 0 nitrogen and oxygen atoms in total. The number of rotatable bonds is 3. The summed E-state index contributed by atoms with van der Waals surface area (Å²) < 4.78 is 0. The molecular weight excluding hydrogens is 211 g/mol. The van der Waals surface area contributed by atoms with Gasteiger partial charge in [-0.1, -0.05) is 0 Å². The van der Waals surface area contributed by atoms with E-state index in [9.17, 15) is 0 Å². The minimum absolute atomic E-state index is 0. The van der Waals surface area contributed by atoms with Crippen LogP contribution in [0.2, 0.25) is 0 Å². The van der Waals surface area contributed by atoms with Crippen molar-refractivity contribution in [1.82, 2.24) is 0 Å². The van der Waals surface area contributed by atoms with Gasteiger partial charge in [-0.3, -0.25) is 0 Å². The number of hydrogen-bond donors (Lipinski definition) is 0. The Labute approximate surface area is 96.0 Å². The summed E-state index contributed by atoms with van der Waals surface area (Å²) in [5.74, 6) is 1.17. The van der Waals surface area contributed by atoms with Gasteiger partial charge in [-0.15, -0.1) is 12.4 Å². The van der Waals surface area contributed by atoms with Crippen LogP contribution in [-0.2, 0) is 0 Å². The zero-order chi connectivity index (χ0) is 9.15. The van der Waals surface area contributed by atoms with Crippen LogP contribution in [-0.4, -0.2) is 24.6 Å². The molecule has 1 spiro atoms. The van der Waals surface area contributed by atoms with Crippen LogP contribution in [0.1, 0.15) is 45.4 Å². The van der Waals surface area contributed by atoms with Gasteiger partial charge in [0.2, 0.25) is 0 Å². The number of halogens is 1. The first kappa shape index (κ1) is 12.8. The Balaban J connectivity index is 0.000000980. The fourth-order valence-corrected chi connectivity index (χ4v) is 9.66. The fourth-order valence-electron chi connectivity index (χ4n) is 3.65. The summed E-state index contributed by atoms with van der Waals surface area (Å²) in [6.45, 7) is 2.33. The molecule has 1 atom stereocenters. The van der Waals surface area contributed by atoms with Crippen LogP contribution in [0.25, 0.3) is 0 Å². The molecule has 0 aliphatic carbocycles. The first-order chi connectivity index (χ1) is 6.35. The van der Waals surface area contributed by atoms with E-state index in [1.54, 1.807) is 50.3 Å². The van der Waals surface area contributed by atoms with Crippen molar-refractivity contribution in [2.75, 3.05) is 24.6 Å². The molecule has 0 aromatic heterocycles. The third-order valence-electron chi connectivity index (χ3n) is 4.43. The van der Waals surface area contributed by atoms with Crippen molar-refractivity contribution in [3.05, 3.63) is 0 Å². The Kier molecular flexibility index (Phi) is 5.21. The Morgan fingerprint density at radius 3 is 2.50 bits per heavy atom. The summed E-state index contributed by atoms with van der Waals surface area (Å²) in [4.78, 5) is 0. The van der Waals surface area contributed by atoms with E-state index in [1.807, 2.05) is 0 Å². The predicted molar refractivity (Wildman–Crippen MR) is 71.9 cm³/mol. The third kappa shape index (κ3) is 2.86. The molecule has 2 aliphatic heterocycles. The maximum absolute atomic E-state index is 2.33. The average molecular weight is 237 g/mol. The smallest absolute Gasteiger partial charge is 0.147 e. The number of unbranched alkanes of at least 4 members (excludes halogenated alkanes) is 1. The van der Waals surface area contributed by atoms with Crippen LogP contribution in [0.5, 0.6) is 0 Å². The zero-order valence-electron chi connectivity index (χ0n) is 9.56. The van der Waals surface area contributed by atoms with E-state index >= 15 is 0 Å². The Morgan fingerprint density at radius 2 is 1.86 bits per heavy atom. The van der Waals surface area contributed by atoms with Crippen LogP contribution in [0.3, 0.4) is 0 Å². The van der Waals surface area contributed by atoms with E-state index in [0.717, 1.165) is 0 Å². The molecule has 0 bridgehead atoms. The SMILES string of the molecule is CCCCC1CC[PH]2(CCCC2)C1.Cl. The number of hydrogen-bond acceptors (Lipinski definition) is 0. The molecule has 1 unspecified atom stereocenters. The van der Waals surface area contributed by atoms with Crippen LogP contribution in [0, 0.1) is 5.92 Å². The molecule has 0 aromatic carbocycles. The molecule has 0 N–H and O–H groups in total. The molecular formula is C12H26ClP. The maximum Gasteiger partial charge on any atom is -0.147 e. The summed E-state index contributed by atoms with van der Waals surface area (Å²) in [6.07, 6.45) is 16.1. The Morgan fingerprint density at radius 1 is 1.14 bits per heavy atom. The van der Waals surface area contributed by atoms with Crippen LogP contribution >= 0.6 is 19.7 Å². The van der Waals surface area contributed by atoms with E-state index in [4.69, 9.17) is 0 Å². The molecule has 0 amide bonds. The zero-order valence-corrected chi connectivity index (χ0v) is 11.4. The van der Waals surface area contributed by atoms with Crippen molar-refractivity contribution < 1.29 is 0 Å². The van der Waals surface area contributed by atoms with Crippen molar-refractivity contribution in [1.29, 1.82) is 0 Å².